The minimum atomic E-state index is -0.276. The van der Waals surface area contributed by atoms with Crippen molar-refractivity contribution >= 4 is 44.8 Å². The van der Waals surface area contributed by atoms with Crippen molar-refractivity contribution in [3.8, 4) is 11.5 Å². The Morgan fingerprint density at radius 2 is 1.67 bits per heavy atom. The van der Waals surface area contributed by atoms with Crippen LogP contribution in [0.4, 0.5) is 4.39 Å². The first kappa shape index (κ1) is 28.2. The SMILES string of the molecule is CCOc1cc(C=C2SC(=NC3CCCCC3)N(C3CCCCC3)C2=O)c(Br)cc1OCc1ccc(F)cc1. The van der Waals surface area contributed by atoms with Crippen LogP contribution in [0.2, 0.25) is 0 Å². The summed E-state index contributed by atoms with van der Waals surface area (Å²) in [5.41, 5.74) is 1.72. The number of hydrogen-bond acceptors (Lipinski definition) is 5. The van der Waals surface area contributed by atoms with Crippen molar-refractivity contribution in [3.63, 3.8) is 0 Å². The van der Waals surface area contributed by atoms with Crippen LogP contribution >= 0.6 is 27.7 Å². The highest BCUT2D eigenvalue weighted by Crippen LogP contribution is 2.41. The summed E-state index contributed by atoms with van der Waals surface area (Å²) in [6.07, 6.45) is 13.5. The summed E-state index contributed by atoms with van der Waals surface area (Å²) in [4.78, 5) is 21.6. The van der Waals surface area contributed by atoms with Gasteiger partial charge in [0.15, 0.2) is 16.7 Å². The summed E-state index contributed by atoms with van der Waals surface area (Å²) in [7, 11) is 0. The monoisotopic (exact) mass is 614 g/mol. The molecule has 0 N–H and O–H groups in total. The van der Waals surface area contributed by atoms with Gasteiger partial charge in [-0.05, 0) is 85.8 Å². The molecular weight excluding hydrogens is 579 g/mol. The summed E-state index contributed by atoms with van der Waals surface area (Å²) in [6.45, 7) is 2.70. The van der Waals surface area contributed by atoms with Crippen molar-refractivity contribution in [1.82, 2.24) is 4.90 Å². The fourth-order valence-electron chi connectivity index (χ4n) is 5.53. The number of hydrogen-bond donors (Lipinski definition) is 0. The van der Waals surface area contributed by atoms with Gasteiger partial charge >= 0.3 is 0 Å². The van der Waals surface area contributed by atoms with E-state index in [-0.39, 0.29) is 17.8 Å². The second kappa shape index (κ2) is 13.4. The van der Waals surface area contributed by atoms with Crippen LogP contribution in [0.1, 0.15) is 82.3 Å². The molecule has 3 aliphatic rings. The van der Waals surface area contributed by atoms with Crippen molar-refractivity contribution in [2.24, 2.45) is 4.99 Å². The van der Waals surface area contributed by atoms with Gasteiger partial charge in [0.25, 0.3) is 5.91 Å². The number of carbonyl (C=O) groups excluding carboxylic acids is 1. The molecule has 2 saturated carbocycles. The molecule has 2 aliphatic carbocycles. The van der Waals surface area contributed by atoms with Crippen LogP contribution in [0.5, 0.6) is 11.5 Å². The maximum atomic E-state index is 13.8. The average molecular weight is 616 g/mol. The lowest BCUT2D eigenvalue weighted by atomic mass is 9.94. The van der Waals surface area contributed by atoms with E-state index in [0.717, 1.165) is 59.3 Å². The molecule has 0 atom stereocenters. The molecule has 8 heteroatoms. The quantitative estimate of drug-likeness (QED) is 0.280. The molecule has 3 fully saturated rings. The second-order valence-electron chi connectivity index (χ2n) is 10.4. The van der Waals surface area contributed by atoms with Crippen molar-refractivity contribution in [2.75, 3.05) is 6.61 Å². The molecule has 0 bridgehead atoms. The third kappa shape index (κ3) is 7.07. The highest BCUT2D eigenvalue weighted by molar-refractivity contribution is 9.10. The third-order valence-corrected chi connectivity index (χ3v) is 9.29. The first-order valence-corrected chi connectivity index (χ1v) is 15.8. The zero-order valence-corrected chi connectivity index (χ0v) is 24.9. The summed E-state index contributed by atoms with van der Waals surface area (Å²) < 4.78 is 26.0. The Kier molecular flexibility index (Phi) is 9.66. The van der Waals surface area contributed by atoms with Gasteiger partial charge in [0.1, 0.15) is 12.4 Å². The molecule has 0 spiro atoms. The van der Waals surface area contributed by atoms with Crippen LogP contribution in [0.25, 0.3) is 6.08 Å². The fraction of sp³-hybridized carbons (Fsp3) is 0.484. The van der Waals surface area contributed by atoms with Gasteiger partial charge in [0.05, 0.1) is 17.6 Å². The number of ether oxygens (including phenoxy) is 2. The summed E-state index contributed by atoms with van der Waals surface area (Å²) >= 11 is 5.20. The molecule has 208 valence electrons. The third-order valence-electron chi connectivity index (χ3n) is 7.60. The van der Waals surface area contributed by atoms with E-state index in [2.05, 4.69) is 15.9 Å². The molecule has 2 aromatic rings. The molecule has 39 heavy (non-hydrogen) atoms. The van der Waals surface area contributed by atoms with E-state index < -0.39 is 0 Å². The van der Waals surface area contributed by atoms with E-state index in [1.54, 1.807) is 12.1 Å². The second-order valence-corrected chi connectivity index (χ2v) is 12.3. The van der Waals surface area contributed by atoms with Crippen LogP contribution in [-0.2, 0) is 11.4 Å². The van der Waals surface area contributed by atoms with Gasteiger partial charge in [-0.2, -0.15) is 0 Å². The maximum Gasteiger partial charge on any atom is 0.267 e. The Bertz CT molecular complexity index is 1220. The molecule has 0 radical (unpaired) electrons. The average Bonchev–Trinajstić information content (AvgIpc) is 3.25. The van der Waals surface area contributed by atoms with Crippen LogP contribution in [0, 0.1) is 5.82 Å². The van der Waals surface area contributed by atoms with Gasteiger partial charge in [0.2, 0.25) is 0 Å². The van der Waals surface area contributed by atoms with Crippen molar-refractivity contribution in [2.45, 2.75) is 89.8 Å². The van der Waals surface area contributed by atoms with Gasteiger partial charge in [-0.15, -0.1) is 0 Å². The van der Waals surface area contributed by atoms with Gasteiger partial charge < -0.3 is 9.47 Å². The number of amides is 1. The summed E-state index contributed by atoms with van der Waals surface area (Å²) in [6, 6.07) is 10.6. The van der Waals surface area contributed by atoms with Crippen LogP contribution in [0.15, 0.2) is 50.8 Å². The van der Waals surface area contributed by atoms with Gasteiger partial charge in [0, 0.05) is 10.5 Å². The lowest BCUT2D eigenvalue weighted by Crippen LogP contribution is -2.41. The van der Waals surface area contributed by atoms with Crippen molar-refractivity contribution in [1.29, 1.82) is 0 Å². The fourth-order valence-corrected chi connectivity index (χ4v) is 7.07. The van der Waals surface area contributed by atoms with E-state index in [9.17, 15) is 9.18 Å². The molecule has 1 aliphatic heterocycles. The van der Waals surface area contributed by atoms with Crippen molar-refractivity contribution < 1.29 is 18.7 Å². The first-order chi connectivity index (χ1) is 19.0. The molecule has 5 rings (SSSR count). The van der Waals surface area contributed by atoms with E-state index in [1.807, 2.05) is 30.0 Å². The Balaban J connectivity index is 1.41. The Morgan fingerprint density at radius 3 is 2.36 bits per heavy atom. The van der Waals surface area contributed by atoms with E-state index in [4.69, 9.17) is 14.5 Å². The van der Waals surface area contributed by atoms with E-state index in [0.29, 0.717) is 35.7 Å². The molecule has 0 aromatic heterocycles. The highest BCUT2D eigenvalue weighted by Gasteiger charge is 2.39. The van der Waals surface area contributed by atoms with E-state index in [1.165, 1.54) is 49.6 Å². The molecule has 5 nitrogen and oxygen atoms in total. The first-order valence-electron chi connectivity index (χ1n) is 14.2. The summed E-state index contributed by atoms with van der Waals surface area (Å²) in [5, 5.41) is 0.880. The topological polar surface area (TPSA) is 51.1 Å². The highest BCUT2D eigenvalue weighted by atomic mass is 79.9. The van der Waals surface area contributed by atoms with Crippen LogP contribution < -0.4 is 9.47 Å². The lowest BCUT2D eigenvalue weighted by molar-refractivity contribution is -0.124. The zero-order chi connectivity index (χ0) is 27.2. The smallest absolute Gasteiger partial charge is 0.267 e. The number of carbonyl (C=O) groups is 1. The van der Waals surface area contributed by atoms with Gasteiger partial charge in [-0.1, -0.05) is 66.6 Å². The normalized spacial score (nSPS) is 21.2. The number of rotatable bonds is 8. The number of halogens is 2. The Labute approximate surface area is 243 Å². The predicted molar refractivity (Wildman–Crippen MR) is 160 cm³/mol. The Hall–Kier alpha value is -2.32. The zero-order valence-electron chi connectivity index (χ0n) is 22.5. The molecule has 1 amide bonds. The minimum Gasteiger partial charge on any atom is -0.490 e. The number of benzene rings is 2. The summed E-state index contributed by atoms with van der Waals surface area (Å²) in [5.74, 6) is 0.972. The van der Waals surface area contributed by atoms with Crippen LogP contribution in [0.3, 0.4) is 0 Å². The van der Waals surface area contributed by atoms with Gasteiger partial charge in [-0.3, -0.25) is 14.7 Å². The molecule has 1 saturated heterocycles. The van der Waals surface area contributed by atoms with E-state index >= 15 is 0 Å². The number of amidine groups is 1. The predicted octanol–water partition coefficient (Wildman–Crippen LogP) is 8.50. The van der Waals surface area contributed by atoms with Crippen LogP contribution in [-0.4, -0.2) is 34.7 Å². The number of aliphatic imine (C=N–C) groups is 1. The van der Waals surface area contributed by atoms with Gasteiger partial charge in [-0.25, -0.2) is 4.39 Å². The van der Waals surface area contributed by atoms with Crippen molar-refractivity contribution in [3.05, 3.63) is 62.7 Å². The number of thioether (sulfide) groups is 1. The minimum absolute atomic E-state index is 0.0583. The number of nitrogens with zero attached hydrogens (tertiary/aromatic N) is 2. The molecule has 0 unspecified atom stereocenters. The molecule has 1 heterocycles. The lowest BCUT2D eigenvalue weighted by Gasteiger charge is -2.31. The molecular formula is C31H36BrFN2O3S. The maximum absolute atomic E-state index is 13.8. The largest absolute Gasteiger partial charge is 0.490 e. The molecule has 2 aromatic carbocycles. The standard InChI is InChI=1S/C31H36BrFN2O3S/c1-2-37-27-17-22(26(32)19-28(27)38-20-21-13-15-23(33)16-14-21)18-29-30(36)35(25-11-7-4-8-12-25)31(39-29)34-24-9-5-3-6-10-24/h13-19,24-25H,2-12,20H2,1H3. The Morgan fingerprint density at radius 1 is 1.00 bits per heavy atom.